The number of nitrogens with zero attached hydrogens (tertiary/aromatic N) is 2. The first-order valence-corrected chi connectivity index (χ1v) is 7.38. The number of aliphatic carboxylic acids is 1. The summed E-state index contributed by atoms with van der Waals surface area (Å²) in [5, 5.41) is 9.27. The maximum Gasteiger partial charge on any atom is 0.326 e. The largest absolute Gasteiger partial charge is 0.480 e. The molecule has 1 unspecified atom stereocenters. The van der Waals surface area contributed by atoms with E-state index in [2.05, 4.69) is 0 Å². The van der Waals surface area contributed by atoms with Crippen molar-refractivity contribution in [2.24, 2.45) is 0 Å². The standard InChI is InChI=1S/C14H26N2O5/c1-20-10-5-7-15(9-11-21-2)14(19)16-8-4-3-6-12(16)13(17)18/h12H,3-11H2,1-2H3,(H,17,18). The van der Waals surface area contributed by atoms with Crippen molar-refractivity contribution in [3.05, 3.63) is 0 Å². The Morgan fingerprint density at radius 1 is 1.19 bits per heavy atom. The second-order valence-corrected chi connectivity index (χ2v) is 5.15. The molecule has 0 aromatic rings. The summed E-state index contributed by atoms with van der Waals surface area (Å²) in [6.45, 7) is 2.51. The molecule has 1 aliphatic rings. The molecule has 2 amide bonds. The third kappa shape index (κ3) is 5.51. The van der Waals surface area contributed by atoms with Crippen LogP contribution in [-0.4, -0.2) is 80.0 Å². The highest BCUT2D eigenvalue weighted by Crippen LogP contribution is 2.19. The lowest BCUT2D eigenvalue weighted by atomic mass is 10.0. The van der Waals surface area contributed by atoms with Gasteiger partial charge in [0.05, 0.1) is 6.61 Å². The van der Waals surface area contributed by atoms with Gasteiger partial charge in [0.15, 0.2) is 0 Å². The highest BCUT2D eigenvalue weighted by molar-refractivity contribution is 5.83. The molecule has 0 aromatic carbocycles. The van der Waals surface area contributed by atoms with Crippen LogP contribution >= 0.6 is 0 Å². The van der Waals surface area contributed by atoms with Crippen molar-refractivity contribution in [2.45, 2.75) is 31.7 Å². The van der Waals surface area contributed by atoms with Crippen LogP contribution < -0.4 is 0 Å². The van der Waals surface area contributed by atoms with Crippen molar-refractivity contribution in [1.82, 2.24) is 9.80 Å². The van der Waals surface area contributed by atoms with Crippen LogP contribution in [0.1, 0.15) is 25.7 Å². The lowest BCUT2D eigenvalue weighted by Gasteiger charge is -2.37. The SMILES string of the molecule is COCCCN(CCOC)C(=O)N1CCCCC1C(=O)O. The van der Waals surface area contributed by atoms with Gasteiger partial charge in [-0.1, -0.05) is 0 Å². The molecular formula is C14H26N2O5. The number of amides is 2. The van der Waals surface area contributed by atoms with E-state index in [1.165, 1.54) is 4.90 Å². The van der Waals surface area contributed by atoms with Gasteiger partial charge in [-0.15, -0.1) is 0 Å². The third-order valence-corrected chi connectivity index (χ3v) is 3.65. The predicted octanol–water partition coefficient (Wildman–Crippen LogP) is 1.03. The van der Waals surface area contributed by atoms with Crippen LogP contribution in [0.3, 0.4) is 0 Å². The van der Waals surface area contributed by atoms with Crippen LogP contribution in [0.25, 0.3) is 0 Å². The van der Waals surface area contributed by atoms with Crippen molar-refractivity contribution in [3.8, 4) is 0 Å². The van der Waals surface area contributed by atoms with Crippen LogP contribution in [0.5, 0.6) is 0 Å². The van der Waals surface area contributed by atoms with Crippen molar-refractivity contribution < 1.29 is 24.2 Å². The summed E-state index contributed by atoms with van der Waals surface area (Å²) >= 11 is 0. The van der Waals surface area contributed by atoms with E-state index in [1.807, 2.05) is 0 Å². The lowest BCUT2D eigenvalue weighted by Crippen LogP contribution is -2.53. The minimum Gasteiger partial charge on any atom is -0.480 e. The normalized spacial score (nSPS) is 18.6. The van der Waals surface area contributed by atoms with Gasteiger partial charge >= 0.3 is 12.0 Å². The van der Waals surface area contributed by atoms with Gasteiger partial charge in [0, 0.05) is 40.5 Å². The first-order valence-electron chi connectivity index (χ1n) is 7.38. The highest BCUT2D eigenvalue weighted by atomic mass is 16.5. The minimum absolute atomic E-state index is 0.213. The molecule has 0 bridgehead atoms. The summed E-state index contributed by atoms with van der Waals surface area (Å²) in [5.74, 6) is -0.924. The summed E-state index contributed by atoms with van der Waals surface area (Å²) in [5.41, 5.74) is 0. The molecule has 7 nitrogen and oxygen atoms in total. The number of carbonyl (C=O) groups excluding carboxylic acids is 1. The van der Waals surface area contributed by atoms with E-state index in [9.17, 15) is 14.7 Å². The van der Waals surface area contributed by atoms with E-state index in [0.717, 1.165) is 19.3 Å². The van der Waals surface area contributed by atoms with Gasteiger partial charge < -0.3 is 24.4 Å². The number of rotatable bonds is 8. The van der Waals surface area contributed by atoms with Gasteiger partial charge in [0.2, 0.25) is 0 Å². The molecule has 7 heteroatoms. The van der Waals surface area contributed by atoms with E-state index < -0.39 is 12.0 Å². The predicted molar refractivity (Wildman–Crippen MR) is 77.3 cm³/mol. The second kappa shape index (κ2) is 9.57. The monoisotopic (exact) mass is 302 g/mol. The summed E-state index contributed by atoms with van der Waals surface area (Å²) < 4.78 is 10.0. The van der Waals surface area contributed by atoms with Crippen LogP contribution in [0.2, 0.25) is 0 Å². The fraction of sp³-hybridized carbons (Fsp3) is 0.857. The topological polar surface area (TPSA) is 79.3 Å². The summed E-state index contributed by atoms with van der Waals surface area (Å²) in [4.78, 5) is 27.1. The van der Waals surface area contributed by atoms with Gasteiger partial charge in [0.25, 0.3) is 0 Å². The van der Waals surface area contributed by atoms with E-state index in [1.54, 1.807) is 19.1 Å². The molecule has 1 N–H and O–H groups in total. The average molecular weight is 302 g/mol. The van der Waals surface area contributed by atoms with Gasteiger partial charge in [-0.2, -0.15) is 0 Å². The zero-order valence-corrected chi connectivity index (χ0v) is 12.9. The zero-order chi connectivity index (χ0) is 15.7. The number of ether oxygens (including phenoxy) is 2. The van der Waals surface area contributed by atoms with Crippen molar-refractivity contribution >= 4 is 12.0 Å². The van der Waals surface area contributed by atoms with E-state index >= 15 is 0 Å². The van der Waals surface area contributed by atoms with Crippen LogP contribution in [0.15, 0.2) is 0 Å². The Hall–Kier alpha value is -1.34. The van der Waals surface area contributed by atoms with E-state index in [0.29, 0.717) is 39.3 Å². The number of carbonyl (C=O) groups is 2. The molecule has 1 atom stereocenters. The second-order valence-electron chi connectivity index (χ2n) is 5.15. The van der Waals surface area contributed by atoms with Crippen molar-refractivity contribution in [2.75, 3.05) is 47.1 Å². The molecule has 21 heavy (non-hydrogen) atoms. The minimum atomic E-state index is -0.924. The lowest BCUT2D eigenvalue weighted by molar-refractivity contribution is -0.143. The Labute approximate surface area is 125 Å². The molecule has 0 aliphatic carbocycles. The van der Waals surface area contributed by atoms with Gasteiger partial charge in [-0.3, -0.25) is 0 Å². The number of hydrogen-bond donors (Lipinski definition) is 1. The molecular weight excluding hydrogens is 276 g/mol. The van der Waals surface area contributed by atoms with E-state index in [4.69, 9.17) is 9.47 Å². The number of hydrogen-bond acceptors (Lipinski definition) is 4. The molecule has 0 saturated carbocycles. The Morgan fingerprint density at radius 2 is 1.90 bits per heavy atom. The van der Waals surface area contributed by atoms with Gasteiger partial charge in [-0.25, -0.2) is 9.59 Å². The Balaban J connectivity index is 2.68. The number of carboxylic acid groups (broad SMARTS) is 1. The first-order chi connectivity index (χ1) is 10.1. The molecule has 0 spiro atoms. The van der Waals surface area contributed by atoms with Crippen LogP contribution in [-0.2, 0) is 14.3 Å². The molecule has 122 valence electrons. The quantitative estimate of drug-likeness (QED) is 0.677. The van der Waals surface area contributed by atoms with Gasteiger partial charge in [0.1, 0.15) is 6.04 Å². The number of methoxy groups -OCH3 is 2. The number of urea groups is 1. The molecule has 1 fully saturated rings. The molecule has 0 aromatic heterocycles. The number of piperidine rings is 1. The third-order valence-electron chi connectivity index (χ3n) is 3.65. The fourth-order valence-corrected chi connectivity index (χ4v) is 2.50. The molecule has 1 aliphatic heterocycles. The average Bonchev–Trinajstić information content (AvgIpc) is 2.50. The molecule has 0 radical (unpaired) electrons. The Kier molecular flexibility index (Phi) is 8.07. The molecule has 1 rings (SSSR count). The van der Waals surface area contributed by atoms with Gasteiger partial charge in [-0.05, 0) is 25.7 Å². The van der Waals surface area contributed by atoms with E-state index in [-0.39, 0.29) is 6.03 Å². The first kappa shape index (κ1) is 17.7. The summed E-state index contributed by atoms with van der Waals surface area (Å²) in [7, 11) is 3.20. The summed E-state index contributed by atoms with van der Waals surface area (Å²) in [6, 6.07) is -0.922. The zero-order valence-electron chi connectivity index (χ0n) is 12.9. The fourth-order valence-electron chi connectivity index (χ4n) is 2.50. The maximum atomic E-state index is 12.6. The molecule has 1 heterocycles. The Bertz CT molecular complexity index is 337. The van der Waals surface area contributed by atoms with Crippen LogP contribution in [0, 0.1) is 0 Å². The summed E-state index contributed by atoms with van der Waals surface area (Å²) in [6.07, 6.45) is 2.95. The smallest absolute Gasteiger partial charge is 0.326 e. The Morgan fingerprint density at radius 3 is 2.52 bits per heavy atom. The van der Waals surface area contributed by atoms with Crippen LogP contribution in [0.4, 0.5) is 4.79 Å². The van der Waals surface area contributed by atoms with Crippen molar-refractivity contribution in [3.63, 3.8) is 0 Å². The number of carboxylic acids is 1. The highest BCUT2D eigenvalue weighted by Gasteiger charge is 2.34. The maximum absolute atomic E-state index is 12.6. The molecule has 1 saturated heterocycles. The number of likely N-dealkylation sites (tertiary alicyclic amines) is 1. The van der Waals surface area contributed by atoms with Crippen molar-refractivity contribution in [1.29, 1.82) is 0 Å².